The van der Waals surface area contributed by atoms with E-state index in [2.05, 4.69) is 25.1 Å². The third-order valence-corrected chi connectivity index (χ3v) is 4.23. The Morgan fingerprint density at radius 2 is 1.82 bits per heavy atom. The van der Waals surface area contributed by atoms with Crippen LogP contribution in [0.1, 0.15) is 24.9 Å². The normalized spacial score (nSPS) is 24.9. The number of hydrogen-bond acceptors (Lipinski definition) is 1. The van der Waals surface area contributed by atoms with Gasteiger partial charge < -0.3 is 5.73 Å². The second-order valence-corrected chi connectivity index (χ2v) is 5.49. The van der Waals surface area contributed by atoms with E-state index in [0.29, 0.717) is 5.92 Å². The molecule has 0 amide bonds. The smallest absolute Gasteiger partial charge is 0.0484 e. The van der Waals surface area contributed by atoms with Crippen molar-refractivity contribution in [1.29, 1.82) is 0 Å². The van der Waals surface area contributed by atoms with E-state index in [4.69, 9.17) is 17.3 Å². The second-order valence-electron chi connectivity index (χ2n) is 5.08. The third kappa shape index (κ3) is 1.84. The van der Waals surface area contributed by atoms with Crippen LogP contribution in [-0.2, 0) is 0 Å². The molecule has 1 aliphatic carbocycles. The van der Waals surface area contributed by atoms with Gasteiger partial charge in [-0.25, -0.2) is 0 Å². The van der Waals surface area contributed by atoms with Gasteiger partial charge in [-0.15, -0.1) is 0 Å². The summed E-state index contributed by atoms with van der Waals surface area (Å²) in [5, 5.41) is 3.11. The maximum atomic E-state index is 6.36. The predicted octanol–water partition coefficient (Wildman–Crippen LogP) is 4.15. The molecule has 0 bridgehead atoms. The molecule has 88 valence electrons. The maximum absolute atomic E-state index is 6.36. The van der Waals surface area contributed by atoms with Crippen molar-refractivity contribution >= 4 is 22.4 Å². The molecule has 2 heteroatoms. The molecule has 3 rings (SSSR count). The van der Waals surface area contributed by atoms with Crippen LogP contribution in [0.5, 0.6) is 0 Å². The molecule has 0 radical (unpaired) electrons. The average molecular weight is 246 g/mol. The van der Waals surface area contributed by atoms with Crippen LogP contribution in [0.4, 0.5) is 0 Å². The van der Waals surface area contributed by atoms with Crippen LogP contribution in [0, 0.1) is 11.8 Å². The number of benzene rings is 2. The van der Waals surface area contributed by atoms with Crippen LogP contribution in [0.2, 0.25) is 5.02 Å². The first kappa shape index (κ1) is 11.1. The first-order valence-electron chi connectivity index (χ1n) is 6.11. The van der Waals surface area contributed by atoms with Crippen molar-refractivity contribution in [2.24, 2.45) is 17.6 Å². The Balaban J connectivity index is 2.13. The van der Waals surface area contributed by atoms with Crippen LogP contribution in [0.3, 0.4) is 0 Å². The Morgan fingerprint density at radius 1 is 1.18 bits per heavy atom. The number of hydrogen-bond donors (Lipinski definition) is 1. The van der Waals surface area contributed by atoms with E-state index in [-0.39, 0.29) is 6.04 Å². The standard InChI is InChI=1S/C15H16ClN/c1-9-8-13(9)15(17)12-6-7-14(16)11-5-3-2-4-10(11)12/h2-7,9,13,15H,8,17H2,1H3. The monoisotopic (exact) mass is 245 g/mol. The summed E-state index contributed by atoms with van der Waals surface area (Å²) >= 11 is 6.22. The molecule has 1 nitrogen and oxygen atoms in total. The van der Waals surface area contributed by atoms with Crippen LogP contribution >= 0.6 is 11.6 Å². The lowest BCUT2D eigenvalue weighted by Gasteiger charge is -2.15. The SMILES string of the molecule is CC1CC1C(N)c1ccc(Cl)c2ccccc12. The van der Waals surface area contributed by atoms with E-state index in [1.807, 2.05) is 18.2 Å². The summed E-state index contributed by atoms with van der Waals surface area (Å²) in [4.78, 5) is 0. The molecule has 1 saturated carbocycles. The third-order valence-electron chi connectivity index (χ3n) is 3.90. The van der Waals surface area contributed by atoms with Gasteiger partial charge in [0.2, 0.25) is 0 Å². The summed E-state index contributed by atoms with van der Waals surface area (Å²) in [6, 6.07) is 12.4. The molecule has 1 fully saturated rings. The Bertz CT molecular complexity index is 564. The fraction of sp³-hybridized carbons (Fsp3) is 0.333. The highest BCUT2D eigenvalue weighted by molar-refractivity contribution is 6.35. The van der Waals surface area contributed by atoms with Gasteiger partial charge in [0.25, 0.3) is 0 Å². The van der Waals surface area contributed by atoms with Gasteiger partial charge in [0.1, 0.15) is 0 Å². The van der Waals surface area contributed by atoms with E-state index in [1.54, 1.807) is 0 Å². The lowest BCUT2D eigenvalue weighted by molar-refractivity contribution is 0.597. The summed E-state index contributed by atoms with van der Waals surface area (Å²) in [6.45, 7) is 2.27. The molecule has 0 heterocycles. The molecule has 2 aromatic carbocycles. The van der Waals surface area contributed by atoms with Crippen molar-refractivity contribution in [2.75, 3.05) is 0 Å². The van der Waals surface area contributed by atoms with E-state index >= 15 is 0 Å². The van der Waals surface area contributed by atoms with Gasteiger partial charge >= 0.3 is 0 Å². The zero-order valence-corrected chi connectivity index (χ0v) is 10.6. The van der Waals surface area contributed by atoms with E-state index in [0.717, 1.165) is 16.3 Å². The van der Waals surface area contributed by atoms with Gasteiger partial charge in [0.15, 0.2) is 0 Å². The van der Waals surface area contributed by atoms with E-state index in [1.165, 1.54) is 17.4 Å². The van der Waals surface area contributed by atoms with Crippen LogP contribution in [0.25, 0.3) is 10.8 Å². The Hall–Kier alpha value is -1.05. The minimum Gasteiger partial charge on any atom is -0.324 e. The number of nitrogens with two attached hydrogens (primary N) is 1. The number of rotatable bonds is 2. The molecule has 0 aromatic heterocycles. The lowest BCUT2D eigenvalue weighted by atomic mass is 9.96. The summed E-state index contributed by atoms with van der Waals surface area (Å²) in [6.07, 6.45) is 1.25. The first-order valence-corrected chi connectivity index (χ1v) is 6.49. The van der Waals surface area contributed by atoms with Gasteiger partial charge in [-0.1, -0.05) is 48.9 Å². The highest BCUT2D eigenvalue weighted by atomic mass is 35.5. The van der Waals surface area contributed by atoms with E-state index < -0.39 is 0 Å². The van der Waals surface area contributed by atoms with Gasteiger partial charge in [-0.2, -0.15) is 0 Å². The predicted molar refractivity (Wildman–Crippen MR) is 73.2 cm³/mol. The van der Waals surface area contributed by atoms with Gasteiger partial charge in [0.05, 0.1) is 0 Å². The second kappa shape index (κ2) is 4.01. The zero-order chi connectivity index (χ0) is 12.0. The molecular weight excluding hydrogens is 230 g/mol. The van der Waals surface area contributed by atoms with Crippen molar-refractivity contribution in [3.8, 4) is 0 Å². The van der Waals surface area contributed by atoms with Gasteiger partial charge in [0, 0.05) is 16.5 Å². The van der Waals surface area contributed by atoms with Gasteiger partial charge in [-0.3, -0.25) is 0 Å². The van der Waals surface area contributed by atoms with Crippen molar-refractivity contribution in [1.82, 2.24) is 0 Å². The molecule has 17 heavy (non-hydrogen) atoms. The Labute approximate surface area is 107 Å². The highest BCUT2D eigenvalue weighted by Crippen LogP contribution is 2.47. The lowest BCUT2D eigenvalue weighted by Crippen LogP contribution is -2.13. The largest absolute Gasteiger partial charge is 0.324 e. The highest BCUT2D eigenvalue weighted by Gasteiger charge is 2.38. The Morgan fingerprint density at radius 3 is 2.47 bits per heavy atom. The zero-order valence-electron chi connectivity index (χ0n) is 9.86. The first-order chi connectivity index (χ1) is 8.18. The van der Waals surface area contributed by atoms with Crippen molar-refractivity contribution in [3.63, 3.8) is 0 Å². The number of halogens is 1. The quantitative estimate of drug-likeness (QED) is 0.845. The average Bonchev–Trinajstić information content (AvgIpc) is 3.07. The molecule has 1 aliphatic rings. The summed E-state index contributed by atoms with van der Waals surface area (Å²) < 4.78 is 0. The molecule has 0 spiro atoms. The maximum Gasteiger partial charge on any atom is 0.0484 e. The Kier molecular flexibility index (Phi) is 2.61. The van der Waals surface area contributed by atoms with Crippen molar-refractivity contribution < 1.29 is 0 Å². The molecular formula is C15H16ClN. The fourth-order valence-electron chi connectivity index (χ4n) is 2.66. The minimum absolute atomic E-state index is 0.146. The summed E-state index contributed by atoms with van der Waals surface area (Å²) in [5.41, 5.74) is 7.60. The minimum atomic E-state index is 0.146. The van der Waals surface area contributed by atoms with Crippen LogP contribution < -0.4 is 5.73 Å². The van der Waals surface area contributed by atoms with E-state index in [9.17, 15) is 0 Å². The number of fused-ring (bicyclic) bond motifs is 1. The fourth-order valence-corrected chi connectivity index (χ4v) is 2.89. The summed E-state index contributed by atoms with van der Waals surface area (Å²) in [5.74, 6) is 1.40. The molecule has 3 unspecified atom stereocenters. The topological polar surface area (TPSA) is 26.0 Å². The summed E-state index contributed by atoms with van der Waals surface area (Å²) in [7, 11) is 0. The van der Waals surface area contributed by atoms with Crippen molar-refractivity contribution in [3.05, 3.63) is 47.0 Å². The van der Waals surface area contributed by atoms with Crippen molar-refractivity contribution in [2.45, 2.75) is 19.4 Å². The molecule has 3 atom stereocenters. The molecule has 0 aliphatic heterocycles. The molecule has 2 N–H and O–H groups in total. The van der Waals surface area contributed by atoms with Crippen LogP contribution in [0.15, 0.2) is 36.4 Å². The van der Waals surface area contributed by atoms with Gasteiger partial charge in [-0.05, 0) is 35.3 Å². The molecule has 0 saturated heterocycles. The molecule has 2 aromatic rings. The van der Waals surface area contributed by atoms with Crippen LogP contribution in [-0.4, -0.2) is 0 Å².